The van der Waals surface area contributed by atoms with Crippen LogP contribution in [0.3, 0.4) is 0 Å². The largest absolute Gasteiger partial charge is 0.399 e. The summed E-state index contributed by atoms with van der Waals surface area (Å²) in [7, 11) is 3.82. The van der Waals surface area contributed by atoms with Crippen molar-refractivity contribution in [1.29, 1.82) is 0 Å². The summed E-state index contributed by atoms with van der Waals surface area (Å²) in [4.78, 5) is 7.42. The zero-order chi connectivity index (χ0) is 15.0. The SMILES string of the molecule is CO/N=C/[C@@H]1[C@@H](c2ccc(Cl)c(Cl)c2)C[C@H]2CC[C@H]1N2C. The molecule has 0 spiro atoms. The minimum atomic E-state index is 0.353. The Hall–Kier alpha value is -0.770. The van der Waals surface area contributed by atoms with Crippen LogP contribution in [0.2, 0.25) is 10.0 Å². The molecule has 0 aromatic heterocycles. The molecule has 4 atom stereocenters. The Balaban J connectivity index is 1.94. The van der Waals surface area contributed by atoms with Gasteiger partial charge in [-0.25, -0.2) is 0 Å². The first-order valence-corrected chi connectivity index (χ1v) is 8.11. The summed E-state index contributed by atoms with van der Waals surface area (Å²) < 4.78 is 0. The van der Waals surface area contributed by atoms with Crippen LogP contribution >= 0.6 is 23.2 Å². The summed E-state index contributed by atoms with van der Waals surface area (Å²) in [6.45, 7) is 0. The molecule has 0 aliphatic carbocycles. The quantitative estimate of drug-likeness (QED) is 0.614. The average molecular weight is 327 g/mol. The van der Waals surface area contributed by atoms with E-state index in [0.717, 1.165) is 6.42 Å². The average Bonchev–Trinajstić information content (AvgIpc) is 2.72. The Kier molecular flexibility index (Phi) is 4.43. The van der Waals surface area contributed by atoms with Crippen molar-refractivity contribution < 1.29 is 4.84 Å². The second kappa shape index (κ2) is 6.15. The maximum atomic E-state index is 6.20. The van der Waals surface area contributed by atoms with Gasteiger partial charge in [-0.2, -0.15) is 0 Å². The van der Waals surface area contributed by atoms with Crippen LogP contribution in [0.4, 0.5) is 0 Å². The van der Waals surface area contributed by atoms with E-state index >= 15 is 0 Å². The van der Waals surface area contributed by atoms with E-state index in [2.05, 4.69) is 23.2 Å². The van der Waals surface area contributed by atoms with Gasteiger partial charge in [0.2, 0.25) is 0 Å². The number of hydrogen-bond acceptors (Lipinski definition) is 3. The lowest BCUT2D eigenvalue weighted by atomic mass is 9.77. The lowest BCUT2D eigenvalue weighted by Gasteiger charge is -2.41. The fourth-order valence-electron chi connectivity index (χ4n) is 3.94. The second-order valence-electron chi connectivity index (χ2n) is 5.99. The molecular formula is C16H20Cl2N2O. The second-order valence-corrected chi connectivity index (χ2v) is 6.81. The highest BCUT2D eigenvalue weighted by molar-refractivity contribution is 6.42. The van der Waals surface area contributed by atoms with Crippen LogP contribution in [0.1, 0.15) is 30.7 Å². The molecule has 0 unspecified atom stereocenters. The smallest absolute Gasteiger partial charge is 0.106 e. The number of nitrogens with zero attached hydrogens (tertiary/aromatic N) is 2. The fraction of sp³-hybridized carbons (Fsp3) is 0.562. The van der Waals surface area contributed by atoms with Gasteiger partial charge in [0.15, 0.2) is 0 Å². The van der Waals surface area contributed by atoms with Gasteiger partial charge in [0.1, 0.15) is 7.11 Å². The molecule has 1 aromatic carbocycles. The first-order chi connectivity index (χ1) is 10.1. The van der Waals surface area contributed by atoms with E-state index in [1.807, 2.05) is 18.3 Å². The van der Waals surface area contributed by atoms with Crippen molar-refractivity contribution in [2.24, 2.45) is 11.1 Å². The van der Waals surface area contributed by atoms with Crippen LogP contribution in [0, 0.1) is 5.92 Å². The van der Waals surface area contributed by atoms with Crippen LogP contribution in [0.15, 0.2) is 23.4 Å². The number of fused-ring (bicyclic) bond motifs is 2. The molecule has 3 nitrogen and oxygen atoms in total. The van der Waals surface area contributed by atoms with E-state index in [9.17, 15) is 0 Å². The first kappa shape index (κ1) is 15.1. The van der Waals surface area contributed by atoms with Gasteiger partial charge in [-0.05, 0) is 49.9 Å². The van der Waals surface area contributed by atoms with Crippen molar-refractivity contribution in [3.63, 3.8) is 0 Å². The van der Waals surface area contributed by atoms with E-state index in [1.165, 1.54) is 18.4 Å². The molecule has 2 aliphatic rings. The molecule has 2 aliphatic heterocycles. The number of hydrogen-bond donors (Lipinski definition) is 0. The molecule has 21 heavy (non-hydrogen) atoms. The zero-order valence-corrected chi connectivity index (χ0v) is 13.8. The first-order valence-electron chi connectivity index (χ1n) is 7.35. The van der Waals surface area contributed by atoms with Gasteiger partial charge < -0.3 is 4.84 Å². The predicted octanol–water partition coefficient (Wildman–Crippen LogP) is 4.19. The molecule has 0 N–H and O–H groups in total. The topological polar surface area (TPSA) is 24.8 Å². The van der Waals surface area contributed by atoms with Gasteiger partial charge in [0, 0.05) is 24.2 Å². The Morgan fingerprint density at radius 1 is 1.29 bits per heavy atom. The lowest BCUT2D eigenvalue weighted by Crippen LogP contribution is -2.46. The minimum absolute atomic E-state index is 0.353. The van der Waals surface area contributed by atoms with Crippen molar-refractivity contribution in [3.05, 3.63) is 33.8 Å². The highest BCUT2D eigenvalue weighted by Crippen LogP contribution is 2.46. The monoisotopic (exact) mass is 326 g/mol. The molecule has 2 bridgehead atoms. The van der Waals surface area contributed by atoms with Gasteiger partial charge in [-0.3, -0.25) is 4.90 Å². The highest BCUT2D eigenvalue weighted by atomic mass is 35.5. The summed E-state index contributed by atoms with van der Waals surface area (Å²) in [6, 6.07) is 7.18. The van der Waals surface area contributed by atoms with Crippen molar-refractivity contribution >= 4 is 29.4 Å². The van der Waals surface area contributed by atoms with Crippen LogP contribution in [-0.2, 0) is 4.84 Å². The Morgan fingerprint density at radius 3 is 2.81 bits per heavy atom. The summed E-state index contributed by atoms with van der Waals surface area (Å²) >= 11 is 12.2. The molecule has 0 radical (unpaired) electrons. The molecule has 114 valence electrons. The summed E-state index contributed by atoms with van der Waals surface area (Å²) in [5, 5.41) is 5.29. The molecule has 3 rings (SSSR count). The minimum Gasteiger partial charge on any atom is -0.399 e. The van der Waals surface area contributed by atoms with Crippen molar-refractivity contribution in [1.82, 2.24) is 4.90 Å². The Morgan fingerprint density at radius 2 is 2.10 bits per heavy atom. The third-order valence-corrected chi connectivity index (χ3v) is 5.78. The standard InChI is InChI=1S/C16H20Cl2N2O/c1-20-11-4-6-16(20)13(9-19-21-2)12(8-11)10-3-5-14(17)15(18)7-10/h3,5,7,9,11-13,16H,4,6,8H2,1-2H3/b19-9+/t11-,12-,13-,16-/m1/s1. The van der Waals surface area contributed by atoms with Gasteiger partial charge in [-0.15, -0.1) is 0 Å². The maximum Gasteiger partial charge on any atom is 0.106 e. The van der Waals surface area contributed by atoms with E-state index < -0.39 is 0 Å². The van der Waals surface area contributed by atoms with Crippen molar-refractivity contribution in [3.8, 4) is 0 Å². The van der Waals surface area contributed by atoms with Crippen molar-refractivity contribution in [2.75, 3.05) is 14.2 Å². The Labute approximate surface area is 135 Å². The number of benzene rings is 1. The molecule has 0 amide bonds. The summed E-state index contributed by atoms with van der Waals surface area (Å²) in [5.74, 6) is 0.776. The van der Waals surface area contributed by atoms with E-state index in [0.29, 0.717) is 34.0 Å². The van der Waals surface area contributed by atoms with Crippen LogP contribution in [0.5, 0.6) is 0 Å². The molecule has 5 heteroatoms. The third kappa shape index (κ3) is 2.79. The number of piperidine rings is 1. The van der Waals surface area contributed by atoms with E-state index in [1.54, 1.807) is 7.11 Å². The number of halogens is 2. The van der Waals surface area contributed by atoms with Crippen molar-refractivity contribution in [2.45, 2.75) is 37.3 Å². The van der Waals surface area contributed by atoms with Gasteiger partial charge in [-0.1, -0.05) is 34.4 Å². The van der Waals surface area contributed by atoms with E-state index in [4.69, 9.17) is 28.0 Å². The predicted molar refractivity (Wildman–Crippen MR) is 87.4 cm³/mol. The number of oxime groups is 1. The fourth-order valence-corrected chi connectivity index (χ4v) is 4.25. The highest BCUT2D eigenvalue weighted by Gasteiger charge is 2.45. The lowest BCUT2D eigenvalue weighted by molar-refractivity contribution is 0.131. The molecular weight excluding hydrogens is 307 g/mol. The van der Waals surface area contributed by atoms with Crippen LogP contribution in [-0.4, -0.2) is 37.4 Å². The van der Waals surface area contributed by atoms with Gasteiger partial charge in [0.05, 0.1) is 10.0 Å². The normalized spacial score (nSPS) is 32.8. The maximum absolute atomic E-state index is 6.20. The zero-order valence-electron chi connectivity index (χ0n) is 12.3. The Bertz CT molecular complexity index is 549. The van der Waals surface area contributed by atoms with Gasteiger partial charge >= 0.3 is 0 Å². The number of rotatable bonds is 3. The van der Waals surface area contributed by atoms with Gasteiger partial charge in [0.25, 0.3) is 0 Å². The summed E-state index contributed by atoms with van der Waals surface area (Å²) in [5.41, 5.74) is 1.25. The third-order valence-electron chi connectivity index (χ3n) is 5.04. The molecule has 0 saturated carbocycles. The molecule has 1 aromatic rings. The summed E-state index contributed by atoms with van der Waals surface area (Å²) in [6.07, 6.45) is 5.58. The molecule has 2 fully saturated rings. The van der Waals surface area contributed by atoms with E-state index in [-0.39, 0.29) is 0 Å². The van der Waals surface area contributed by atoms with Crippen LogP contribution in [0.25, 0.3) is 0 Å². The molecule has 2 heterocycles. The van der Waals surface area contributed by atoms with Crippen LogP contribution < -0.4 is 0 Å². The molecule has 2 saturated heterocycles.